The Bertz CT molecular complexity index is 2840. The third kappa shape index (κ3) is 4.40. The largest absolute Gasteiger partial charge is 0.309 e. The maximum atomic E-state index is 2.45. The lowest BCUT2D eigenvalue weighted by atomic mass is 9.92. The molecule has 0 aliphatic rings. The molecule has 0 amide bonds. The zero-order valence-electron chi connectivity index (χ0n) is 26.8. The van der Waals surface area contributed by atoms with Crippen LogP contribution in [0.2, 0.25) is 0 Å². The SMILES string of the molecule is c1ccc2c(N(c3ccc(-c4ccc5c6ccccc6c6ccccc6c5c4)cc3)c3cc4ccccc4c4ccccc34)cccc2c1. The predicted octanol–water partition coefficient (Wildman–Crippen LogP) is 13.7. The third-order valence-electron chi connectivity index (χ3n) is 10.2. The molecule has 0 aliphatic heterocycles. The zero-order chi connectivity index (χ0) is 32.3. The van der Waals surface area contributed by atoms with E-state index in [0.29, 0.717) is 0 Å². The van der Waals surface area contributed by atoms with Crippen molar-refractivity contribution < 1.29 is 0 Å². The highest BCUT2D eigenvalue weighted by Crippen LogP contribution is 2.45. The fourth-order valence-corrected chi connectivity index (χ4v) is 7.92. The summed E-state index contributed by atoms with van der Waals surface area (Å²) in [6.07, 6.45) is 0. The molecule has 1 nitrogen and oxygen atoms in total. The first kappa shape index (κ1) is 27.7. The van der Waals surface area contributed by atoms with Gasteiger partial charge in [0.2, 0.25) is 0 Å². The van der Waals surface area contributed by atoms with Gasteiger partial charge in [-0.15, -0.1) is 0 Å². The van der Waals surface area contributed by atoms with Gasteiger partial charge in [-0.1, -0.05) is 158 Å². The molecule has 0 fully saturated rings. The summed E-state index contributed by atoms with van der Waals surface area (Å²) in [5.41, 5.74) is 5.87. The lowest BCUT2D eigenvalue weighted by Crippen LogP contribution is -2.11. The van der Waals surface area contributed by atoms with Gasteiger partial charge in [0.1, 0.15) is 0 Å². The van der Waals surface area contributed by atoms with Crippen LogP contribution in [0.3, 0.4) is 0 Å². The van der Waals surface area contributed by atoms with Gasteiger partial charge in [-0.05, 0) is 95.3 Å². The van der Waals surface area contributed by atoms with E-state index in [2.05, 4.69) is 193 Å². The van der Waals surface area contributed by atoms with Gasteiger partial charge in [0.25, 0.3) is 0 Å². The van der Waals surface area contributed by atoms with Crippen LogP contribution >= 0.6 is 0 Å². The second kappa shape index (κ2) is 11.1. The first-order valence-corrected chi connectivity index (χ1v) is 16.9. The monoisotopic (exact) mass is 621 g/mol. The Morgan fingerprint density at radius 2 is 0.714 bits per heavy atom. The smallest absolute Gasteiger partial charge is 0.0546 e. The number of anilines is 3. The maximum Gasteiger partial charge on any atom is 0.0546 e. The Morgan fingerprint density at radius 1 is 0.245 bits per heavy atom. The molecule has 0 spiro atoms. The molecule has 228 valence electrons. The van der Waals surface area contributed by atoms with Gasteiger partial charge in [-0.3, -0.25) is 0 Å². The van der Waals surface area contributed by atoms with Gasteiger partial charge in [-0.2, -0.15) is 0 Å². The highest BCUT2D eigenvalue weighted by atomic mass is 15.1. The standard InChI is InChI=1S/C48H31N/c1-4-16-38-33(12-1)14-11-23-47(38)49(48-31-35-13-2-3-15-37(35)39-17-9-10-22-45(39)48)36-27-24-32(25-28-36)34-26-29-44-42-20-6-5-18-40(42)41-19-7-8-21-43(41)46(44)30-34/h1-31H. The summed E-state index contributed by atoms with van der Waals surface area (Å²) < 4.78 is 0. The lowest BCUT2D eigenvalue weighted by Gasteiger charge is -2.29. The van der Waals surface area contributed by atoms with Gasteiger partial charge in [0, 0.05) is 16.5 Å². The number of nitrogens with zero attached hydrogens (tertiary/aromatic N) is 1. The van der Waals surface area contributed by atoms with Crippen LogP contribution in [0.25, 0.3) is 75.8 Å². The number of hydrogen-bond acceptors (Lipinski definition) is 1. The van der Waals surface area contributed by atoms with Gasteiger partial charge < -0.3 is 4.90 Å². The van der Waals surface area contributed by atoms with Gasteiger partial charge in [-0.25, -0.2) is 0 Å². The van der Waals surface area contributed by atoms with Crippen LogP contribution in [-0.2, 0) is 0 Å². The van der Waals surface area contributed by atoms with Crippen LogP contribution in [0.15, 0.2) is 188 Å². The number of benzene rings is 10. The quantitative estimate of drug-likeness (QED) is 0.177. The van der Waals surface area contributed by atoms with Crippen LogP contribution in [0.5, 0.6) is 0 Å². The molecule has 0 saturated carbocycles. The van der Waals surface area contributed by atoms with Crippen molar-refractivity contribution in [3.63, 3.8) is 0 Å². The second-order valence-electron chi connectivity index (χ2n) is 12.9. The van der Waals surface area contributed by atoms with E-state index in [9.17, 15) is 0 Å². The van der Waals surface area contributed by atoms with Crippen molar-refractivity contribution in [1.82, 2.24) is 0 Å². The van der Waals surface area contributed by atoms with Crippen LogP contribution in [0.1, 0.15) is 0 Å². The van der Waals surface area contributed by atoms with E-state index >= 15 is 0 Å². The molecule has 0 unspecified atom stereocenters. The molecule has 0 saturated heterocycles. The Hall–Kier alpha value is -6.44. The van der Waals surface area contributed by atoms with Crippen LogP contribution in [-0.4, -0.2) is 0 Å². The number of fused-ring (bicyclic) bond motifs is 10. The maximum absolute atomic E-state index is 2.45. The van der Waals surface area contributed by atoms with E-state index in [-0.39, 0.29) is 0 Å². The Morgan fingerprint density at radius 3 is 1.39 bits per heavy atom. The Kier molecular flexibility index (Phi) is 6.25. The van der Waals surface area contributed by atoms with E-state index in [1.807, 2.05) is 0 Å². The minimum absolute atomic E-state index is 1.12. The van der Waals surface area contributed by atoms with Crippen LogP contribution in [0, 0.1) is 0 Å². The first-order chi connectivity index (χ1) is 24.3. The molecule has 49 heavy (non-hydrogen) atoms. The van der Waals surface area contributed by atoms with Crippen molar-refractivity contribution in [3.8, 4) is 11.1 Å². The summed E-state index contributed by atoms with van der Waals surface area (Å²) >= 11 is 0. The number of hydrogen-bond donors (Lipinski definition) is 0. The van der Waals surface area contributed by atoms with Crippen molar-refractivity contribution in [1.29, 1.82) is 0 Å². The summed E-state index contributed by atoms with van der Waals surface area (Å²) in [5, 5.41) is 15.2. The molecule has 1 heteroatoms. The molecule has 10 aromatic rings. The van der Waals surface area contributed by atoms with E-state index in [0.717, 1.165) is 11.4 Å². The van der Waals surface area contributed by atoms with Gasteiger partial charge in [0.05, 0.1) is 11.4 Å². The van der Waals surface area contributed by atoms with E-state index in [1.165, 1.54) is 81.4 Å². The molecule has 0 bridgehead atoms. The average molecular weight is 622 g/mol. The van der Waals surface area contributed by atoms with Crippen molar-refractivity contribution in [2.24, 2.45) is 0 Å². The van der Waals surface area contributed by atoms with E-state index in [1.54, 1.807) is 0 Å². The summed E-state index contributed by atoms with van der Waals surface area (Å²) in [7, 11) is 0. The summed E-state index contributed by atoms with van der Waals surface area (Å²) in [5.74, 6) is 0. The van der Waals surface area contributed by atoms with Crippen molar-refractivity contribution in [2.75, 3.05) is 4.90 Å². The fourth-order valence-electron chi connectivity index (χ4n) is 7.92. The molecule has 10 rings (SSSR count). The Balaban J connectivity index is 1.18. The third-order valence-corrected chi connectivity index (χ3v) is 10.2. The zero-order valence-corrected chi connectivity index (χ0v) is 26.8. The van der Waals surface area contributed by atoms with Gasteiger partial charge >= 0.3 is 0 Å². The summed E-state index contributed by atoms with van der Waals surface area (Å²) in [6, 6.07) is 68.8. The van der Waals surface area contributed by atoms with Crippen LogP contribution in [0.4, 0.5) is 17.1 Å². The van der Waals surface area contributed by atoms with Crippen molar-refractivity contribution >= 4 is 81.7 Å². The lowest BCUT2D eigenvalue weighted by molar-refractivity contribution is 1.32. The topological polar surface area (TPSA) is 3.24 Å². The van der Waals surface area contributed by atoms with Crippen molar-refractivity contribution in [3.05, 3.63) is 188 Å². The minimum Gasteiger partial charge on any atom is -0.309 e. The predicted molar refractivity (Wildman–Crippen MR) is 212 cm³/mol. The van der Waals surface area contributed by atoms with E-state index in [4.69, 9.17) is 0 Å². The average Bonchev–Trinajstić information content (AvgIpc) is 3.18. The summed E-state index contributed by atoms with van der Waals surface area (Å²) in [4.78, 5) is 2.45. The molecular formula is C48H31N. The normalized spacial score (nSPS) is 11.7. The Labute approximate surface area is 284 Å². The fraction of sp³-hybridized carbons (Fsp3) is 0. The minimum atomic E-state index is 1.12. The molecule has 0 aromatic heterocycles. The molecule has 10 aromatic carbocycles. The highest BCUT2D eigenvalue weighted by molar-refractivity contribution is 6.25. The molecular weight excluding hydrogens is 591 g/mol. The molecule has 0 radical (unpaired) electrons. The van der Waals surface area contributed by atoms with Crippen molar-refractivity contribution in [2.45, 2.75) is 0 Å². The summed E-state index contributed by atoms with van der Waals surface area (Å²) in [6.45, 7) is 0. The second-order valence-corrected chi connectivity index (χ2v) is 12.9. The molecule has 0 aliphatic carbocycles. The highest BCUT2D eigenvalue weighted by Gasteiger charge is 2.19. The first-order valence-electron chi connectivity index (χ1n) is 16.9. The van der Waals surface area contributed by atoms with Crippen LogP contribution < -0.4 is 4.90 Å². The van der Waals surface area contributed by atoms with E-state index < -0.39 is 0 Å². The molecule has 0 atom stereocenters. The van der Waals surface area contributed by atoms with Gasteiger partial charge in [0.15, 0.2) is 0 Å². The molecule has 0 N–H and O–H groups in total. The number of rotatable bonds is 4. The molecule has 0 heterocycles.